The number of methoxy groups -OCH3 is 1. The van der Waals surface area contributed by atoms with E-state index in [0.29, 0.717) is 24.6 Å². The molecule has 0 saturated carbocycles. The van der Waals surface area contributed by atoms with Crippen LogP contribution in [0.4, 0.5) is 0 Å². The largest absolute Gasteiger partial charge is 0.492 e. The van der Waals surface area contributed by atoms with Crippen LogP contribution in [0.1, 0.15) is 15.9 Å². The third-order valence-corrected chi connectivity index (χ3v) is 3.22. The summed E-state index contributed by atoms with van der Waals surface area (Å²) in [7, 11) is 3.28. The molecule has 0 N–H and O–H groups in total. The molecule has 0 fully saturated rings. The van der Waals surface area contributed by atoms with Gasteiger partial charge in [-0.3, -0.25) is 4.79 Å². The molecule has 0 unspecified atom stereocenters. The van der Waals surface area contributed by atoms with E-state index in [2.05, 4.69) is 4.98 Å². The van der Waals surface area contributed by atoms with Gasteiger partial charge in [0.2, 0.25) is 5.88 Å². The van der Waals surface area contributed by atoms with E-state index in [1.165, 1.54) is 6.20 Å². The average molecular weight is 300 g/mol. The molecule has 0 saturated heterocycles. The van der Waals surface area contributed by atoms with Crippen molar-refractivity contribution in [1.29, 1.82) is 0 Å². The average Bonchev–Trinajstić information content (AvgIpc) is 2.54. The highest BCUT2D eigenvalue weighted by atomic mass is 16.5. The maximum Gasteiger partial charge on any atom is 0.255 e. The Kier molecular flexibility index (Phi) is 5.36. The Morgan fingerprint density at radius 1 is 1.27 bits per heavy atom. The van der Waals surface area contributed by atoms with E-state index in [1.54, 1.807) is 31.2 Å². The number of aromatic nitrogens is 1. The van der Waals surface area contributed by atoms with Crippen LogP contribution >= 0.6 is 0 Å². The first-order valence-corrected chi connectivity index (χ1v) is 7.05. The lowest BCUT2D eigenvalue weighted by molar-refractivity contribution is 0.0773. The van der Waals surface area contributed by atoms with Gasteiger partial charge in [0.15, 0.2) is 0 Å². The predicted octanol–water partition coefficient (Wildman–Crippen LogP) is 2.55. The molecule has 0 atom stereocenters. The molecule has 2 rings (SSSR count). The maximum atomic E-state index is 12.2. The van der Waals surface area contributed by atoms with Gasteiger partial charge in [0.1, 0.15) is 12.4 Å². The third-order valence-electron chi connectivity index (χ3n) is 3.22. The molecule has 5 heteroatoms. The van der Waals surface area contributed by atoms with Crippen LogP contribution in [-0.2, 0) is 0 Å². The quantitative estimate of drug-likeness (QED) is 0.822. The lowest BCUT2D eigenvalue weighted by Crippen LogP contribution is -2.30. The van der Waals surface area contributed by atoms with Crippen LogP contribution in [0.15, 0.2) is 42.6 Å². The van der Waals surface area contributed by atoms with E-state index >= 15 is 0 Å². The van der Waals surface area contributed by atoms with Crippen LogP contribution in [0, 0.1) is 6.92 Å². The van der Waals surface area contributed by atoms with Gasteiger partial charge in [-0.1, -0.05) is 12.1 Å². The number of ether oxygens (including phenoxy) is 2. The molecule has 0 spiro atoms. The molecule has 0 radical (unpaired) electrons. The van der Waals surface area contributed by atoms with Crippen LogP contribution < -0.4 is 9.47 Å². The third kappa shape index (κ3) is 4.22. The lowest BCUT2D eigenvalue weighted by atomic mass is 10.2. The van der Waals surface area contributed by atoms with Gasteiger partial charge in [-0.15, -0.1) is 0 Å². The van der Waals surface area contributed by atoms with Gasteiger partial charge in [-0.25, -0.2) is 4.98 Å². The number of likely N-dealkylation sites (N-methyl/N-ethyl adjacent to an activating group) is 1. The summed E-state index contributed by atoms with van der Waals surface area (Å²) >= 11 is 0. The second-order valence-electron chi connectivity index (χ2n) is 4.98. The van der Waals surface area contributed by atoms with Crippen molar-refractivity contribution in [2.75, 3.05) is 27.3 Å². The second kappa shape index (κ2) is 7.45. The summed E-state index contributed by atoms with van der Waals surface area (Å²) in [5, 5.41) is 0. The van der Waals surface area contributed by atoms with Crippen LogP contribution in [0.25, 0.3) is 0 Å². The fourth-order valence-electron chi connectivity index (χ4n) is 1.96. The molecule has 22 heavy (non-hydrogen) atoms. The Labute approximate surface area is 130 Å². The monoisotopic (exact) mass is 300 g/mol. The highest BCUT2D eigenvalue weighted by Crippen LogP contribution is 2.12. The minimum absolute atomic E-state index is 0.0944. The molecule has 0 aliphatic carbocycles. The number of hydrogen-bond donors (Lipinski definition) is 0. The number of carbonyl (C=O) groups excluding carboxylic acids is 1. The van der Waals surface area contributed by atoms with Crippen molar-refractivity contribution in [2.45, 2.75) is 6.92 Å². The number of pyridine rings is 1. The Bertz CT molecular complexity index is 626. The molecule has 1 amide bonds. The number of benzene rings is 1. The van der Waals surface area contributed by atoms with Gasteiger partial charge in [0.05, 0.1) is 19.2 Å². The first-order valence-electron chi connectivity index (χ1n) is 7.05. The Morgan fingerprint density at radius 2 is 2.09 bits per heavy atom. The van der Waals surface area contributed by atoms with Crippen molar-refractivity contribution >= 4 is 5.91 Å². The van der Waals surface area contributed by atoms with E-state index in [9.17, 15) is 4.79 Å². The van der Waals surface area contributed by atoms with Crippen LogP contribution in [0.3, 0.4) is 0 Å². The molecule has 5 nitrogen and oxygen atoms in total. The molecular formula is C17H20N2O3. The number of amides is 1. The van der Waals surface area contributed by atoms with Crippen molar-refractivity contribution in [3.05, 3.63) is 53.7 Å². The topological polar surface area (TPSA) is 51.7 Å². The lowest BCUT2D eigenvalue weighted by Gasteiger charge is -2.17. The zero-order valence-corrected chi connectivity index (χ0v) is 13.1. The molecular weight excluding hydrogens is 280 g/mol. The second-order valence-corrected chi connectivity index (χ2v) is 4.98. The molecule has 0 bridgehead atoms. The van der Waals surface area contributed by atoms with E-state index in [1.807, 2.05) is 31.2 Å². The molecule has 2 aromatic rings. The molecule has 1 heterocycles. The number of hydrogen-bond acceptors (Lipinski definition) is 4. The van der Waals surface area contributed by atoms with Gasteiger partial charge < -0.3 is 14.4 Å². The Morgan fingerprint density at radius 3 is 2.73 bits per heavy atom. The van der Waals surface area contributed by atoms with Gasteiger partial charge >= 0.3 is 0 Å². The fraction of sp³-hybridized carbons (Fsp3) is 0.294. The Hall–Kier alpha value is -2.56. The Balaban J connectivity index is 1.85. The van der Waals surface area contributed by atoms with Crippen molar-refractivity contribution in [2.24, 2.45) is 0 Å². The first kappa shape index (κ1) is 15.8. The number of aryl methyl sites for hydroxylation is 1. The molecule has 0 aliphatic rings. The molecule has 116 valence electrons. The summed E-state index contributed by atoms with van der Waals surface area (Å²) in [6.07, 6.45) is 1.51. The summed E-state index contributed by atoms with van der Waals surface area (Å²) in [6.45, 7) is 2.95. The van der Waals surface area contributed by atoms with Crippen LogP contribution in [0.2, 0.25) is 0 Å². The van der Waals surface area contributed by atoms with Gasteiger partial charge in [-0.2, -0.15) is 0 Å². The van der Waals surface area contributed by atoms with E-state index < -0.39 is 0 Å². The van der Waals surface area contributed by atoms with Gasteiger partial charge in [0.25, 0.3) is 5.91 Å². The zero-order chi connectivity index (χ0) is 15.9. The highest BCUT2D eigenvalue weighted by Gasteiger charge is 2.12. The van der Waals surface area contributed by atoms with E-state index in [4.69, 9.17) is 9.47 Å². The zero-order valence-electron chi connectivity index (χ0n) is 13.1. The fourth-order valence-corrected chi connectivity index (χ4v) is 1.96. The summed E-state index contributed by atoms with van der Waals surface area (Å²) < 4.78 is 10.6. The number of rotatable bonds is 6. The van der Waals surface area contributed by atoms with E-state index in [-0.39, 0.29) is 5.91 Å². The van der Waals surface area contributed by atoms with Gasteiger partial charge in [-0.05, 0) is 30.7 Å². The van der Waals surface area contributed by atoms with Gasteiger partial charge in [0, 0.05) is 19.3 Å². The molecule has 1 aromatic heterocycles. The summed E-state index contributed by atoms with van der Waals surface area (Å²) in [4.78, 5) is 17.9. The standard InChI is InChI=1S/C17H20N2O3/c1-13-5-4-6-15(11-13)22-10-9-19(2)17(20)14-7-8-16(21-3)18-12-14/h4-8,11-12H,9-10H2,1-3H3. The predicted molar refractivity (Wildman–Crippen MR) is 84.4 cm³/mol. The summed E-state index contributed by atoms with van der Waals surface area (Å²) in [6, 6.07) is 11.2. The highest BCUT2D eigenvalue weighted by molar-refractivity contribution is 5.93. The summed E-state index contributed by atoms with van der Waals surface area (Å²) in [5.74, 6) is 1.21. The summed E-state index contributed by atoms with van der Waals surface area (Å²) in [5.41, 5.74) is 1.67. The van der Waals surface area contributed by atoms with Crippen LogP contribution in [0.5, 0.6) is 11.6 Å². The number of carbonyl (C=O) groups is 1. The normalized spacial score (nSPS) is 10.1. The molecule has 0 aliphatic heterocycles. The van der Waals surface area contributed by atoms with Crippen molar-refractivity contribution in [3.63, 3.8) is 0 Å². The van der Waals surface area contributed by atoms with E-state index in [0.717, 1.165) is 11.3 Å². The minimum atomic E-state index is -0.0944. The van der Waals surface area contributed by atoms with Crippen molar-refractivity contribution in [1.82, 2.24) is 9.88 Å². The van der Waals surface area contributed by atoms with Crippen molar-refractivity contribution in [3.8, 4) is 11.6 Å². The maximum absolute atomic E-state index is 12.2. The SMILES string of the molecule is COc1ccc(C(=O)N(C)CCOc2cccc(C)c2)cn1. The minimum Gasteiger partial charge on any atom is -0.492 e. The van der Waals surface area contributed by atoms with Crippen molar-refractivity contribution < 1.29 is 14.3 Å². The molecule has 1 aromatic carbocycles. The smallest absolute Gasteiger partial charge is 0.255 e. The number of nitrogens with zero attached hydrogens (tertiary/aromatic N) is 2. The van der Waals surface area contributed by atoms with Crippen LogP contribution in [-0.4, -0.2) is 43.1 Å². The first-order chi connectivity index (χ1) is 10.6.